The maximum absolute atomic E-state index is 10.9. The van der Waals surface area contributed by atoms with Crippen LogP contribution >= 0.6 is 0 Å². The zero-order valence-corrected chi connectivity index (χ0v) is 7.64. The Labute approximate surface area is 85.0 Å². The van der Waals surface area contributed by atoms with E-state index < -0.39 is 5.97 Å². The molecule has 2 rings (SSSR count). The Morgan fingerprint density at radius 3 is 2.40 bits per heavy atom. The van der Waals surface area contributed by atoms with Gasteiger partial charge in [-0.15, -0.1) is 0 Å². The van der Waals surface area contributed by atoms with E-state index >= 15 is 0 Å². The minimum Gasteiger partial charge on any atom is -0.507 e. The summed E-state index contributed by atoms with van der Waals surface area (Å²) in [6.07, 6.45) is 0. The predicted octanol–water partition coefficient (Wildman–Crippen LogP) is 1.95. The maximum Gasteiger partial charge on any atom is 0.336 e. The van der Waals surface area contributed by atoms with Crippen molar-refractivity contribution < 1.29 is 20.1 Å². The molecule has 0 saturated heterocycles. The summed E-state index contributed by atoms with van der Waals surface area (Å²) in [6, 6.07) is 7.04. The van der Waals surface area contributed by atoms with Crippen molar-refractivity contribution in [1.82, 2.24) is 0 Å². The van der Waals surface area contributed by atoms with Gasteiger partial charge in [0.1, 0.15) is 11.5 Å². The van der Waals surface area contributed by atoms with Gasteiger partial charge in [0.05, 0.1) is 5.56 Å². The van der Waals surface area contributed by atoms with Crippen molar-refractivity contribution in [2.45, 2.75) is 0 Å². The summed E-state index contributed by atoms with van der Waals surface area (Å²) in [5, 5.41) is 28.4. The highest BCUT2D eigenvalue weighted by Crippen LogP contribution is 2.33. The van der Waals surface area contributed by atoms with Gasteiger partial charge in [0.25, 0.3) is 0 Å². The number of phenols is 2. The molecule has 0 spiro atoms. The molecule has 0 saturated carbocycles. The van der Waals surface area contributed by atoms with E-state index in [9.17, 15) is 15.0 Å². The summed E-state index contributed by atoms with van der Waals surface area (Å²) in [5.41, 5.74) is -0.0269. The third-order valence-electron chi connectivity index (χ3n) is 2.23. The molecule has 0 amide bonds. The van der Waals surface area contributed by atoms with Crippen LogP contribution in [0.2, 0.25) is 0 Å². The lowest BCUT2D eigenvalue weighted by Gasteiger charge is -2.06. The van der Waals surface area contributed by atoms with Gasteiger partial charge in [0.2, 0.25) is 0 Å². The number of benzene rings is 2. The third kappa shape index (κ3) is 1.36. The molecule has 0 heterocycles. The lowest BCUT2D eigenvalue weighted by Crippen LogP contribution is -1.97. The van der Waals surface area contributed by atoms with Crippen LogP contribution in [0.5, 0.6) is 11.5 Å². The number of rotatable bonds is 1. The van der Waals surface area contributed by atoms with Gasteiger partial charge < -0.3 is 15.3 Å². The molecule has 4 heteroatoms. The Kier molecular flexibility index (Phi) is 1.97. The molecule has 2 aromatic rings. The molecule has 76 valence electrons. The first kappa shape index (κ1) is 9.33. The monoisotopic (exact) mass is 204 g/mol. The molecule has 0 bridgehead atoms. The minimum absolute atomic E-state index is 0.0269. The van der Waals surface area contributed by atoms with Crippen molar-refractivity contribution in [3.05, 3.63) is 35.9 Å². The normalized spacial score (nSPS) is 10.4. The SMILES string of the molecule is O=C(O)c1ccc(O)c2cccc(O)c12. The highest BCUT2D eigenvalue weighted by Gasteiger charge is 2.13. The van der Waals surface area contributed by atoms with Crippen LogP contribution in [0.15, 0.2) is 30.3 Å². The first-order valence-electron chi connectivity index (χ1n) is 4.28. The lowest BCUT2D eigenvalue weighted by molar-refractivity contribution is 0.0699. The largest absolute Gasteiger partial charge is 0.507 e. The molecule has 0 aliphatic rings. The topological polar surface area (TPSA) is 77.8 Å². The van der Waals surface area contributed by atoms with Crippen LogP contribution in [-0.4, -0.2) is 21.3 Å². The summed E-state index contributed by atoms with van der Waals surface area (Å²) < 4.78 is 0. The van der Waals surface area contributed by atoms with Crippen LogP contribution in [-0.2, 0) is 0 Å². The second-order valence-electron chi connectivity index (χ2n) is 3.14. The summed E-state index contributed by atoms with van der Waals surface area (Å²) in [6.45, 7) is 0. The number of carboxylic acid groups (broad SMARTS) is 1. The second-order valence-corrected chi connectivity index (χ2v) is 3.14. The van der Waals surface area contributed by atoms with E-state index in [-0.39, 0.29) is 22.4 Å². The van der Waals surface area contributed by atoms with Gasteiger partial charge in [-0.3, -0.25) is 0 Å². The van der Waals surface area contributed by atoms with Crippen LogP contribution in [0.25, 0.3) is 10.8 Å². The molecule has 0 fully saturated rings. The Bertz CT molecular complexity index is 546. The number of carbonyl (C=O) groups is 1. The van der Waals surface area contributed by atoms with Gasteiger partial charge in [-0.2, -0.15) is 0 Å². The van der Waals surface area contributed by atoms with Crippen molar-refractivity contribution in [2.24, 2.45) is 0 Å². The van der Waals surface area contributed by atoms with Gasteiger partial charge in [-0.25, -0.2) is 4.79 Å². The van der Waals surface area contributed by atoms with Gasteiger partial charge in [0.15, 0.2) is 0 Å². The number of aromatic carboxylic acids is 1. The lowest BCUT2D eigenvalue weighted by atomic mass is 10.0. The fourth-order valence-electron chi connectivity index (χ4n) is 1.55. The zero-order valence-electron chi connectivity index (χ0n) is 7.64. The molecule has 0 aromatic heterocycles. The average Bonchev–Trinajstić information content (AvgIpc) is 2.19. The van der Waals surface area contributed by atoms with Crippen molar-refractivity contribution in [3.8, 4) is 11.5 Å². The second kappa shape index (κ2) is 3.16. The number of hydrogen-bond donors (Lipinski definition) is 3. The first-order chi connectivity index (χ1) is 7.11. The Hall–Kier alpha value is -2.23. The quantitative estimate of drug-likeness (QED) is 0.663. The average molecular weight is 204 g/mol. The number of carboxylic acids is 1. The van der Waals surface area contributed by atoms with Gasteiger partial charge in [-0.1, -0.05) is 12.1 Å². The smallest absolute Gasteiger partial charge is 0.336 e. The molecular formula is C11H8O4. The van der Waals surface area contributed by atoms with E-state index in [1.807, 2.05) is 0 Å². The Morgan fingerprint density at radius 1 is 1.00 bits per heavy atom. The molecule has 0 aliphatic carbocycles. The van der Waals surface area contributed by atoms with E-state index in [4.69, 9.17) is 5.11 Å². The molecule has 3 N–H and O–H groups in total. The number of fused-ring (bicyclic) bond motifs is 1. The summed E-state index contributed by atoms with van der Waals surface area (Å²) >= 11 is 0. The van der Waals surface area contributed by atoms with Crippen LogP contribution in [0.4, 0.5) is 0 Å². The molecule has 0 aliphatic heterocycles. The van der Waals surface area contributed by atoms with Gasteiger partial charge >= 0.3 is 5.97 Å². The van der Waals surface area contributed by atoms with Gasteiger partial charge in [-0.05, 0) is 18.2 Å². The van der Waals surface area contributed by atoms with E-state index in [0.29, 0.717) is 5.39 Å². The van der Waals surface area contributed by atoms with Crippen LogP contribution in [0.1, 0.15) is 10.4 Å². The zero-order chi connectivity index (χ0) is 11.0. The van der Waals surface area contributed by atoms with E-state index in [1.54, 1.807) is 12.1 Å². The molecule has 0 atom stereocenters. The van der Waals surface area contributed by atoms with Crippen molar-refractivity contribution in [2.75, 3.05) is 0 Å². The first-order valence-corrected chi connectivity index (χ1v) is 4.28. The highest BCUT2D eigenvalue weighted by molar-refractivity contribution is 6.08. The highest BCUT2D eigenvalue weighted by atomic mass is 16.4. The molecule has 4 nitrogen and oxygen atoms in total. The van der Waals surface area contributed by atoms with E-state index in [0.717, 1.165) is 0 Å². The summed E-state index contributed by atoms with van der Waals surface area (Å²) in [4.78, 5) is 10.9. The van der Waals surface area contributed by atoms with E-state index in [2.05, 4.69) is 0 Å². The van der Waals surface area contributed by atoms with Crippen molar-refractivity contribution in [3.63, 3.8) is 0 Å². The molecular weight excluding hydrogens is 196 g/mol. The molecule has 15 heavy (non-hydrogen) atoms. The molecule has 2 aromatic carbocycles. The molecule has 0 radical (unpaired) electrons. The fourth-order valence-corrected chi connectivity index (χ4v) is 1.55. The van der Waals surface area contributed by atoms with Crippen molar-refractivity contribution in [1.29, 1.82) is 0 Å². The van der Waals surface area contributed by atoms with Crippen molar-refractivity contribution >= 4 is 16.7 Å². The Balaban J connectivity index is 2.96. The maximum atomic E-state index is 10.9. The summed E-state index contributed by atoms with van der Waals surface area (Å²) in [7, 11) is 0. The third-order valence-corrected chi connectivity index (χ3v) is 2.23. The number of aromatic hydroxyl groups is 2. The number of phenolic OH excluding ortho intramolecular Hbond substituents is 2. The fraction of sp³-hybridized carbons (Fsp3) is 0. The number of hydrogen-bond acceptors (Lipinski definition) is 3. The van der Waals surface area contributed by atoms with E-state index in [1.165, 1.54) is 18.2 Å². The molecule has 0 unspecified atom stereocenters. The summed E-state index contributed by atoms with van der Waals surface area (Å²) in [5.74, 6) is -1.34. The predicted molar refractivity (Wildman–Crippen MR) is 54.2 cm³/mol. The van der Waals surface area contributed by atoms with Crippen LogP contribution in [0, 0.1) is 0 Å². The minimum atomic E-state index is -1.14. The standard InChI is InChI=1S/C11H8O4/c12-8-5-4-7(11(14)15)10-6(8)2-1-3-9(10)13/h1-5,12-13H,(H,14,15). The van der Waals surface area contributed by atoms with Crippen LogP contribution < -0.4 is 0 Å². The van der Waals surface area contributed by atoms with Crippen LogP contribution in [0.3, 0.4) is 0 Å². The Morgan fingerprint density at radius 2 is 1.73 bits per heavy atom. The van der Waals surface area contributed by atoms with Gasteiger partial charge in [0, 0.05) is 10.8 Å².